The molecule has 178 valence electrons. The average molecular weight is 493 g/mol. The predicted molar refractivity (Wildman–Crippen MR) is 129 cm³/mol. The Morgan fingerprint density at radius 3 is 2.11 bits per heavy atom. The van der Waals surface area contributed by atoms with Gasteiger partial charge in [0, 0.05) is 18.7 Å². The molecule has 4 aromatic rings. The lowest BCUT2D eigenvalue weighted by Crippen LogP contribution is -2.25. The van der Waals surface area contributed by atoms with Gasteiger partial charge in [0.1, 0.15) is 11.6 Å². The number of hydrogen-bond acceptors (Lipinski definition) is 6. The number of aromatic nitrogens is 2. The maximum absolute atomic E-state index is 13.6. The van der Waals surface area contributed by atoms with Crippen molar-refractivity contribution in [2.24, 2.45) is 0 Å². The Labute approximate surface area is 201 Å². The first kappa shape index (κ1) is 24.0. The van der Waals surface area contributed by atoms with E-state index < -0.39 is 27.2 Å². The zero-order valence-electron chi connectivity index (χ0n) is 18.9. The molecule has 0 spiro atoms. The summed E-state index contributed by atoms with van der Waals surface area (Å²) in [6.07, 6.45) is 2.65. The van der Waals surface area contributed by atoms with E-state index in [4.69, 9.17) is 4.74 Å². The quantitative estimate of drug-likeness (QED) is 0.297. The fraction of sp³-hybridized carbons (Fsp3) is 0.115. The molecule has 35 heavy (non-hydrogen) atoms. The van der Waals surface area contributed by atoms with Crippen LogP contribution in [-0.4, -0.2) is 30.4 Å². The van der Waals surface area contributed by atoms with Crippen molar-refractivity contribution in [1.29, 1.82) is 0 Å². The van der Waals surface area contributed by atoms with Crippen molar-refractivity contribution in [3.05, 3.63) is 101 Å². The summed E-state index contributed by atoms with van der Waals surface area (Å²) in [6, 6.07) is 18.4. The molecule has 0 bridgehead atoms. The summed E-state index contributed by atoms with van der Waals surface area (Å²) in [6.45, 7) is 1.46. The predicted octanol–water partition coefficient (Wildman–Crippen LogP) is 4.09. The van der Waals surface area contributed by atoms with E-state index in [2.05, 4.69) is 5.10 Å². The van der Waals surface area contributed by atoms with Gasteiger partial charge in [-0.2, -0.15) is 5.10 Å². The number of ether oxygens (including phenoxy) is 1. The van der Waals surface area contributed by atoms with Crippen LogP contribution in [0.15, 0.2) is 88.7 Å². The molecule has 0 saturated heterocycles. The van der Waals surface area contributed by atoms with Crippen LogP contribution in [0.25, 0.3) is 22.3 Å². The van der Waals surface area contributed by atoms with Crippen LogP contribution in [0.2, 0.25) is 0 Å². The van der Waals surface area contributed by atoms with Gasteiger partial charge in [-0.15, -0.1) is 0 Å². The highest BCUT2D eigenvalue weighted by molar-refractivity contribution is 7.90. The van der Waals surface area contributed by atoms with Gasteiger partial charge in [0.25, 0.3) is 5.56 Å². The molecule has 7 nitrogen and oxygen atoms in total. The summed E-state index contributed by atoms with van der Waals surface area (Å²) in [4.78, 5) is 24.8. The number of sulfone groups is 1. The first-order valence-electron chi connectivity index (χ1n) is 10.6. The lowest BCUT2D eigenvalue weighted by atomic mass is 9.97. The largest absolute Gasteiger partial charge is 0.427 e. The molecule has 1 aromatic heterocycles. The zero-order chi connectivity index (χ0) is 25.2. The molecular weight excluding hydrogens is 471 g/mol. The standard InChI is InChI=1S/C26H21FN2O5S/c1-17(30)34-22-11-3-18(4-12-22)16-29-26(31)25(20-5-9-21(27)10-6-20)24(15-28-29)19-7-13-23(14-8-19)35(2,32)33/h3-15H,16H2,1-2H3. The average Bonchev–Trinajstić information content (AvgIpc) is 2.81. The Kier molecular flexibility index (Phi) is 6.61. The Morgan fingerprint density at radius 1 is 0.943 bits per heavy atom. The molecular formula is C26H21FN2O5S. The van der Waals surface area contributed by atoms with Gasteiger partial charge in [-0.1, -0.05) is 36.4 Å². The molecule has 1 heterocycles. The van der Waals surface area contributed by atoms with Crippen molar-refractivity contribution in [1.82, 2.24) is 9.78 Å². The molecule has 0 saturated carbocycles. The normalized spacial score (nSPS) is 11.3. The first-order chi connectivity index (χ1) is 16.6. The third-order valence-electron chi connectivity index (χ3n) is 5.29. The fourth-order valence-electron chi connectivity index (χ4n) is 3.60. The number of halogens is 1. The van der Waals surface area contributed by atoms with E-state index in [0.29, 0.717) is 28.0 Å². The topological polar surface area (TPSA) is 95.3 Å². The highest BCUT2D eigenvalue weighted by atomic mass is 32.2. The maximum atomic E-state index is 13.6. The Balaban J connectivity index is 1.78. The molecule has 0 N–H and O–H groups in total. The van der Waals surface area contributed by atoms with E-state index >= 15 is 0 Å². The summed E-state index contributed by atoms with van der Waals surface area (Å²) in [5, 5.41) is 4.32. The number of carbonyl (C=O) groups is 1. The van der Waals surface area contributed by atoms with Gasteiger partial charge in [0.05, 0.1) is 23.2 Å². The highest BCUT2D eigenvalue weighted by Gasteiger charge is 2.17. The third kappa shape index (κ3) is 5.52. The van der Waals surface area contributed by atoms with Gasteiger partial charge < -0.3 is 4.74 Å². The van der Waals surface area contributed by atoms with Crippen LogP contribution in [0, 0.1) is 5.82 Å². The van der Waals surface area contributed by atoms with Gasteiger partial charge in [0.15, 0.2) is 9.84 Å². The monoisotopic (exact) mass is 492 g/mol. The van der Waals surface area contributed by atoms with Crippen LogP contribution >= 0.6 is 0 Å². The van der Waals surface area contributed by atoms with Gasteiger partial charge in [-0.05, 0) is 53.1 Å². The summed E-state index contributed by atoms with van der Waals surface area (Å²) >= 11 is 0. The van der Waals surface area contributed by atoms with Gasteiger partial charge in [-0.3, -0.25) is 9.59 Å². The minimum Gasteiger partial charge on any atom is -0.427 e. The molecule has 0 aliphatic carbocycles. The third-order valence-corrected chi connectivity index (χ3v) is 6.42. The van der Waals surface area contributed by atoms with Gasteiger partial charge >= 0.3 is 5.97 Å². The summed E-state index contributed by atoms with van der Waals surface area (Å²) in [5.74, 6) is -0.476. The van der Waals surface area contributed by atoms with Crippen LogP contribution in [-0.2, 0) is 21.2 Å². The highest BCUT2D eigenvalue weighted by Crippen LogP contribution is 2.30. The fourth-order valence-corrected chi connectivity index (χ4v) is 4.23. The van der Waals surface area contributed by atoms with E-state index in [1.165, 1.54) is 54.2 Å². The van der Waals surface area contributed by atoms with E-state index in [-0.39, 0.29) is 11.4 Å². The molecule has 0 aliphatic heterocycles. The minimum atomic E-state index is -3.38. The Morgan fingerprint density at radius 2 is 1.54 bits per heavy atom. The lowest BCUT2D eigenvalue weighted by Gasteiger charge is -2.13. The van der Waals surface area contributed by atoms with Crippen LogP contribution in [0.4, 0.5) is 4.39 Å². The van der Waals surface area contributed by atoms with Gasteiger partial charge in [-0.25, -0.2) is 17.5 Å². The second kappa shape index (κ2) is 9.63. The van der Waals surface area contributed by atoms with Crippen LogP contribution in [0.1, 0.15) is 12.5 Å². The number of rotatable bonds is 6. The van der Waals surface area contributed by atoms with E-state index in [1.54, 1.807) is 36.4 Å². The SMILES string of the molecule is CC(=O)Oc1ccc(Cn2ncc(-c3ccc(S(C)(=O)=O)cc3)c(-c3ccc(F)cc3)c2=O)cc1. The van der Waals surface area contributed by atoms with E-state index in [0.717, 1.165) is 11.8 Å². The Bertz CT molecular complexity index is 1540. The smallest absolute Gasteiger partial charge is 0.308 e. The van der Waals surface area contributed by atoms with Crippen LogP contribution in [0.5, 0.6) is 5.75 Å². The van der Waals surface area contributed by atoms with Crippen molar-refractivity contribution in [3.63, 3.8) is 0 Å². The molecule has 4 rings (SSSR count). The summed E-state index contributed by atoms with van der Waals surface area (Å²) in [5.41, 5.74) is 2.25. The van der Waals surface area contributed by atoms with Crippen LogP contribution < -0.4 is 10.3 Å². The number of esters is 1. The molecule has 0 radical (unpaired) electrons. The number of hydrogen-bond donors (Lipinski definition) is 0. The summed E-state index contributed by atoms with van der Waals surface area (Å²) < 4.78 is 43.5. The van der Waals surface area contributed by atoms with Crippen molar-refractivity contribution in [2.75, 3.05) is 6.26 Å². The maximum Gasteiger partial charge on any atom is 0.308 e. The van der Waals surface area contributed by atoms with Crippen molar-refractivity contribution >= 4 is 15.8 Å². The van der Waals surface area contributed by atoms with Gasteiger partial charge in [0.2, 0.25) is 0 Å². The number of benzene rings is 3. The molecule has 0 atom stereocenters. The number of carbonyl (C=O) groups excluding carboxylic acids is 1. The first-order valence-corrected chi connectivity index (χ1v) is 12.4. The molecule has 0 amide bonds. The molecule has 0 aliphatic rings. The number of nitrogens with zero attached hydrogens (tertiary/aromatic N) is 2. The van der Waals surface area contributed by atoms with E-state index in [1.807, 2.05) is 0 Å². The second-order valence-corrected chi connectivity index (χ2v) is 9.95. The second-order valence-electron chi connectivity index (χ2n) is 7.94. The van der Waals surface area contributed by atoms with Crippen molar-refractivity contribution in [2.45, 2.75) is 18.4 Å². The molecule has 0 unspecified atom stereocenters. The van der Waals surface area contributed by atoms with Crippen molar-refractivity contribution in [3.8, 4) is 28.0 Å². The van der Waals surface area contributed by atoms with E-state index in [9.17, 15) is 22.4 Å². The lowest BCUT2D eigenvalue weighted by molar-refractivity contribution is -0.131. The molecule has 0 fully saturated rings. The zero-order valence-corrected chi connectivity index (χ0v) is 19.8. The minimum absolute atomic E-state index is 0.153. The van der Waals surface area contributed by atoms with Crippen LogP contribution in [0.3, 0.4) is 0 Å². The van der Waals surface area contributed by atoms with Crippen molar-refractivity contribution < 1.29 is 22.3 Å². The Hall–Kier alpha value is -4.11. The molecule has 9 heteroatoms. The summed E-state index contributed by atoms with van der Waals surface area (Å²) in [7, 11) is -3.38. The molecule has 3 aromatic carbocycles.